The average Bonchev–Trinajstić information content (AvgIpc) is 2.64. The number of nitrogens with zero attached hydrogens (tertiary/aromatic N) is 2. The number of anilines is 2. The zero-order valence-corrected chi connectivity index (χ0v) is 15.4. The third-order valence-corrected chi connectivity index (χ3v) is 4.67. The van der Waals surface area contributed by atoms with Crippen LogP contribution in [0.3, 0.4) is 0 Å². The maximum atomic E-state index is 10.7. The van der Waals surface area contributed by atoms with Gasteiger partial charge in [-0.15, -0.1) is 0 Å². The predicted molar refractivity (Wildman–Crippen MR) is 104 cm³/mol. The quantitative estimate of drug-likeness (QED) is 0.776. The monoisotopic (exact) mass is 326 g/mol. The lowest BCUT2D eigenvalue weighted by molar-refractivity contribution is 0.220. The van der Waals surface area contributed by atoms with Crippen molar-refractivity contribution < 1.29 is 5.11 Å². The maximum absolute atomic E-state index is 10.7. The Morgan fingerprint density at radius 1 is 0.625 bits per heavy atom. The first-order chi connectivity index (χ1) is 11.6. The molecule has 2 aromatic carbocycles. The van der Waals surface area contributed by atoms with Crippen LogP contribution in [0.1, 0.15) is 44.9 Å². The van der Waals surface area contributed by atoms with Gasteiger partial charge >= 0.3 is 0 Å². The Labute approximate surface area is 146 Å². The smallest absolute Gasteiger partial charge is 0.104 e. The van der Waals surface area contributed by atoms with Crippen molar-refractivity contribution in [3.63, 3.8) is 0 Å². The minimum absolute atomic E-state index is 0.582. The fraction of sp³-hybridized carbons (Fsp3) is 0.429. The van der Waals surface area contributed by atoms with Gasteiger partial charge in [0, 0.05) is 37.6 Å². The molecule has 1 N–H and O–H groups in total. The molecule has 2 rings (SSSR count). The third kappa shape index (κ3) is 4.09. The Hall–Kier alpha value is -2.00. The summed E-state index contributed by atoms with van der Waals surface area (Å²) in [7, 11) is 0. The Bertz CT molecular complexity index is 543. The highest BCUT2D eigenvalue weighted by atomic mass is 16.3. The molecule has 2 aromatic rings. The van der Waals surface area contributed by atoms with Gasteiger partial charge in [-0.3, -0.25) is 0 Å². The molecule has 0 amide bonds. The Morgan fingerprint density at radius 2 is 0.917 bits per heavy atom. The lowest BCUT2D eigenvalue weighted by Crippen LogP contribution is -2.21. The molecule has 0 fully saturated rings. The zero-order valence-electron chi connectivity index (χ0n) is 15.4. The van der Waals surface area contributed by atoms with E-state index >= 15 is 0 Å². The summed E-state index contributed by atoms with van der Waals surface area (Å²) in [5, 5.41) is 10.7. The van der Waals surface area contributed by atoms with E-state index in [4.69, 9.17) is 0 Å². The normalized spacial score (nSPS) is 10.9. The lowest BCUT2D eigenvalue weighted by Gasteiger charge is -2.22. The number of aliphatic hydroxyl groups is 1. The van der Waals surface area contributed by atoms with Gasteiger partial charge in [-0.2, -0.15) is 0 Å². The van der Waals surface area contributed by atoms with Crippen LogP contribution in [-0.2, 0) is 0 Å². The second-order valence-corrected chi connectivity index (χ2v) is 5.93. The summed E-state index contributed by atoms with van der Waals surface area (Å²) in [6, 6.07) is 16.5. The summed E-state index contributed by atoms with van der Waals surface area (Å²) in [6.07, 6.45) is -0.582. The summed E-state index contributed by atoms with van der Waals surface area (Å²) >= 11 is 0. The van der Waals surface area contributed by atoms with Crippen molar-refractivity contribution >= 4 is 11.4 Å². The van der Waals surface area contributed by atoms with Crippen LogP contribution in [0.5, 0.6) is 0 Å². The molecule has 3 nitrogen and oxygen atoms in total. The highest BCUT2D eigenvalue weighted by Crippen LogP contribution is 2.26. The molecule has 0 bridgehead atoms. The highest BCUT2D eigenvalue weighted by molar-refractivity contribution is 5.50. The molecule has 0 atom stereocenters. The Kier molecular flexibility index (Phi) is 6.68. The minimum atomic E-state index is -0.582. The second-order valence-electron chi connectivity index (χ2n) is 5.93. The summed E-state index contributed by atoms with van der Waals surface area (Å²) in [5.41, 5.74) is 4.27. The fourth-order valence-corrected chi connectivity index (χ4v) is 3.10. The van der Waals surface area contributed by atoms with Gasteiger partial charge in [0.05, 0.1) is 0 Å². The average molecular weight is 326 g/mol. The SMILES string of the molecule is CCN(CC)c1ccc(C(O)c2ccc(N(CC)CC)cc2)cc1. The molecule has 24 heavy (non-hydrogen) atoms. The molecule has 0 aliphatic rings. The summed E-state index contributed by atoms with van der Waals surface area (Å²) in [4.78, 5) is 4.60. The topological polar surface area (TPSA) is 26.7 Å². The van der Waals surface area contributed by atoms with Crippen molar-refractivity contribution in [1.82, 2.24) is 0 Å². The van der Waals surface area contributed by atoms with Crippen molar-refractivity contribution in [1.29, 1.82) is 0 Å². The molecular weight excluding hydrogens is 296 g/mol. The molecule has 130 valence electrons. The third-order valence-electron chi connectivity index (χ3n) is 4.67. The molecule has 0 aliphatic heterocycles. The van der Waals surface area contributed by atoms with Gasteiger partial charge in [0.1, 0.15) is 6.10 Å². The molecule has 0 spiro atoms. The molecule has 0 unspecified atom stereocenters. The lowest BCUT2D eigenvalue weighted by atomic mass is 10.0. The standard InChI is InChI=1S/C21H30N2O/c1-5-22(6-2)19-13-9-17(10-14-19)21(24)18-11-15-20(16-12-18)23(7-3)8-4/h9-16,21,24H,5-8H2,1-4H3. The van der Waals surface area contributed by atoms with Crippen molar-refractivity contribution in [2.75, 3.05) is 36.0 Å². The van der Waals surface area contributed by atoms with Crippen LogP contribution < -0.4 is 9.80 Å². The first-order valence-electron chi connectivity index (χ1n) is 9.02. The molecule has 0 radical (unpaired) electrons. The van der Waals surface area contributed by atoms with Gasteiger partial charge in [0.15, 0.2) is 0 Å². The van der Waals surface area contributed by atoms with Crippen LogP contribution in [0.25, 0.3) is 0 Å². The minimum Gasteiger partial charge on any atom is -0.384 e. The molecular formula is C21H30N2O. The number of rotatable bonds is 8. The van der Waals surface area contributed by atoms with E-state index in [0.717, 1.165) is 37.3 Å². The highest BCUT2D eigenvalue weighted by Gasteiger charge is 2.12. The van der Waals surface area contributed by atoms with Crippen molar-refractivity contribution in [2.45, 2.75) is 33.8 Å². The van der Waals surface area contributed by atoms with Gasteiger partial charge < -0.3 is 14.9 Å². The summed E-state index contributed by atoms with van der Waals surface area (Å²) in [6.45, 7) is 12.6. The van der Waals surface area contributed by atoms with Crippen molar-refractivity contribution in [2.24, 2.45) is 0 Å². The van der Waals surface area contributed by atoms with Crippen molar-refractivity contribution in [3.8, 4) is 0 Å². The van der Waals surface area contributed by atoms with Crippen LogP contribution in [0.2, 0.25) is 0 Å². The van der Waals surface area contributed by atoms with Gasteiger partial charge in [-0.25, -0.2) is 0 Å². The molecule has 0 heterocycles. The van der Waals surface area contributed by atoms with E-state index in [0.29, 0.717) is 0 Å². The van der Waals surface area contributed by atoms with Crippen LogP contribution >= 0.6 is 0 Å². The number of hydrogen-bond donors (Lipinski definition) is 1. The summed E-state index contributed by atoms with van der Waals surface area (Å²) < 4.78 is 0. The van der Waals surface area contributed by atoms with Gasteiger partial charge in [-0.05, 0) is 63.1 Å². The molecule has 0 saturated heterocycles. The first-order valence-corrected chi connectivity index (χ1v) is 9.02. The van der Waals surface area contributed by atoms with E-state index in [-0.39, 0.29) is 0 Å². The van der Waals surface area contributed by atoms with E-state index in [1.807, 2.05) is 24.3 Å². The maximum Gasteiger partial charge on any atom is 0.104 e. The number of hydrogen-bond acceptors (Lipinski definition) is 3. The second kappa shape index (κ2) is 8.74. The van der Waals surface area contributed by atoms with Crippen molar-refractivity contribution in [3.05, 3.63) is 59.7 Å². The zero-order chi connectivity index (χ0) is 17.5. The largest absolute Gasteiger partial charge is 0.384 e. The Balaban J connectivity index is 2.15. The summed E-state index contributed by atoms with van der Waals surface area (Å²) in [5.74, 6) is 0. The van der Waals surface area contributed by atoms with Gasteiger partial charge in [-0.1, -0.05) is 24.3 Å². The fourth-order valence-electron chi connectivity index (χ4n) is 3.10. The molecule has 0 aliphatic carbocycles. The van der Waals surface area contributed by atoms with Crippen LogP contribution in [0.4, 0.5) is 11.4 Å². The van der Waals surface area contributed by atoms with E-state index in [9.17, 15) is 5.11 Å². The predicted octanol–water partition coefficient (Wildman–Crippen LogP) is 4.46. The van der Waals surface area contributed by atoms with Gasteiger partial charge in [0.25, 0.3) is 0 Å². The van der Waals surface area contributed by atoms with E-state index in [1.54, 1.807) is 0 Å². The van der Waals surface area contributed by atoms with Gasteiger partial charge in [0.2, 0.25) is 0 Å². The van der Waals surface area contributed by atoms with Crippen LogP contribution in [0, 0.1) is 0 Å². The number of aliphatic hydroxyl groups excluding tert-OH is 1. The van der Waals surface area contributed by atoms with Crippen LogP contribution in [-0.4, -0.2) is 31.3 Å². The molecule has 0 saturated carbocycles. The van der Waals surface area contributed by atoms with E-state index in [2.05, 4.69) is 61.8 Å². The van der Waals surface area contributed by atoms with Crippen LogP contribution in [0.15, 0.2) is 48.5 Å². The molecule has 3 heteroatoms. The first kappa shape index (κ1) is 18.3. The van der Waals surface area contributed by atoms with E-state index in [1.165, 1.54) is 11.4 Å². The molecule has 0 aromatic heterocycles. The number of benzene rings is 2. The van der Waals surface area contributed by atoms with E-state index < -0.39 is 6.10 Å². The Morgan fingerprint density at radius 3 is 1.17 bits per heavy atom.